The quantitative estimate of drug-likeness (QED) is 0.269. The van der Waals surface area contributed by atoms with Crippen LogP contribution in [0.15, 0.2) is 29.3 Å². The molecular formula is C32H49NO3. The first-order chi connectivity index (χ1) is 17.5. The van der Waals surface area contributed by atoms with Gasteiger partial charge in [0.25, 0.3) is 0 Å². The fraction of sp³-hybridized carbons (Fsp3) is 0.750. The maximum atomic E-state index is 6.21. The van der Waals surface area contributed by atoms with E-state index in [0.29, 0.717) is 5.41 Å². The first-order valence-electron chi connectivity index (χ1n) is 14.9. The number of rotatable bonds is 9. The number of fused-ring (bicyclic) bond motifs is 5. The average molecular weight is 496 g/mol. The average Bonchev–Trinajstić information content (AvgIpc) is 3.26. The smallest absolute Gasteiger partial charge is 0.199 e. The minimum absolute atomic E-state index is 0.0586. The van der Waals surface area contributed by atoms with Gasteiger partial charge in [-0.3, -0.25) is 0 Å². The monoisotopic (exact) mass is 495 g/mol. The highest BCUT2D eigenvalue weighted by Crippen LogP contribution is 2.63. The summed E-state index contributed by atoms with van der Waals surface area (Å²) in [6.45, 7) is 15.1. The molecule has 0 amide bonds. The Bertz CT molecular complexity index is 916. The van der Waals surface area contributed by atoms with Gasteiger partial charge in [-0.15, -0.1) is 0 Å². The van der Waals surface area contributed by atoms with Crippen molar-refractivity contribution < 1.29 is 14.2 Å². The van der Waals surface area contributed by atoms with Crippen LogP contribution in [0.4, 0.5) is 0 Å². The van der Waals surface area contributed by atoms with E-state index in [1.807, 2.05) is 0 Å². The molecule has 0 spiro atoms. The van der Waals surface area contributed by atoms with Crippen LogP contribution in [0.2, 0.25) is 0 Å². The molecule has 1 aromatic rings. The van der Waals surface area contributed by atoms with Gasteiger partial charge < -0.3 is 19.1 Å². The van der Waals surface area contributed by atoms with Crippen LogP contribution >= 0.6 is 0 Å². The zero-order valence-corrected chi connectivity index (χ0v) is 23.3. The fourth-order valence-electron chi connectivity index (χ4n) is 8.15. The zero-order valence-electron chi connectivity index (χ0n) is 23.3. The summed E-state index contributed by atoms with van der Waals surface area (Å²) < 4.78 is 18.2. The molecule has 4 heteroatoms. The molecule has 3 fully saturated rings. The van der Waals surface area contributed by atoms with Crippen LogP contribution in [-0.4, -0.2) is 50.6 Å². The predicted molar refractivity (Wildman–Crippen MR) is 147 cm³/mol. The molecule has 0 bridgehead atoms. The van der Waals surface area contributed by atoms with Crippen LogP contribution in [0.5, 0.6) is 5.75 Å². The SMILES string of the molecule is CCN(CC)CCOC/C(C)=C1/CC[C@H]2[C@@H]3CCc4cc(OC5CCCCO5)ccc4[C@H]3CC[C@]12C. The Hall–Kier alpha value is -1.36. The maximum absolute atomic E-state index is 6.21. The Kier molecular flexibility index (Phi) is 8.44. The van der Waals surface area contributed by atoms with Crippen molar-refractivity contribution in [1.29, 1.82) is 0 Å². The number of likely N-dealkylation sites (N-methyl/N-ethyl adjacent to an activating group) is 1. The van der Waals surface area contributed by atoms with Gasteiger partial charge in [-0.25, -0.2) is 0 Å². The molecule has 0 aromatic heterocycles. The summed E-state index contributed by atoms with van der Waals surface area (Å²) in [5, 5.41) is 0. The van der Waals surface area contributed by atoms with Crippen molar-refractivity contribution in [3.05, 3.63) is 40.5 Å². The van der Waals surface area contributed by atoms with Crippen LogP contribution in [0.25, 0.3) is 0 Å². The van der Waals surface area contributed by atoms with E-state index in [4.69, 9.17) is 14.2 Å². The molecule has 1 aromatic carbocycles. The summed E-state index contributed by atoms with van der Waals surface area (Å²) in [5.74, 6) is 3.36. The van der Waals surface area contributed by atoms with Crippen LogP contribution in [-0.2, 0) is 15.9 Å². The zero-order chi connectivity index (χ0) is 25.1. The lowest BCUT2D eigenvalue weighted by Crippen LogP contribution is -2.40. The molecule has 1 saturated heterocycles. The molecule has 5 atom stereocenters. The summed E-state index contributed by atoms with van der Waals surface area (Å²) in [5.41, 5.74) is 6.75. The van der Waals surface area contributed by atoms with E-state index in [0.717, 1.165) is 75.8 Å². The third kappa shape index (κ3) is 5.28. The highest BCUT2D eigenvalue weighted by Gasteiger charge is 2.52. The first-order valence-corrected chi connectivity index (χ1v) is 14.9. The van der Waals surface area contributed by atoms with Gasteiger partial charge in [-0.05, 0) is 123 Å². The Morgan fingerprint density at radius 1 is 1.08 bits per heavy atom. The lowest BCUT2D eigenvalue weighted by molar-refractivity contribution is -0.105. The Morgan fingerprint density at radius 3 is 2.72 bits per heavy atom. The number of allylic oxidation sites excluding steroid dienone is 1. The van der Waals surface area contributed by atoms with Crippen LogP contribution in [0, 0.1) is 17.3 Å². The van der Waals surface area contributed by atoms with E-state index in [-0.39, 0.29) is 6.29 Å². The lowest BCUT2D eigenvalue weighted by atomic mass is 9.55. The van der Waals surface area contributed by atoms with Gasteiger partial charge >= 0.3 is 0 Å². The van der Waals surface area contributed by atoms with Crippen LogP contribution in [0.1, 0.15) is 96.1 Å². The molecule has 3 aliphatic carbocycles. The second-order valence-corrected chi connectivity index (χ2v) is 12.0. The van der Waals surface area contributed by atoms with E-state index in [2.05, 4.69) is 50.8 Å². The Morgan fingerprint density at radius 2 is 1.94 bits per heavy atom. The van der Waals surface area contributed by atoms with Gasteiger partial charge in [0, 0.05) is 13.0 Å². The van der Waals surface area contributed by atoms with E-state index < -0.39 is 0 Å². The highest BCUT2D eigenvalue weighted by molar-refractivity contribution is 5.41. The Balaban J connectivity index is 1.23. The van der Waals surface area contributed by atoms with Crippen LogP contribution < -0.4 is 4.74 Å². The molecule has 200 valence electrons. The van der Waals surface area contributed by atoms with Gasteiger partial charge in [-0.1, -0.05) is 32.4 Å². The number of hydrogen-bond acceptors (Lipinski definition) is 4. The van der Waals surface area contributed by atoms with Gasteiger partial charge in [0.05, 0.1) is 19.8 Å². The largest absolute Gasteiger partial charge is 0.465 e. The number of aryl methyl sites for hydroxylation is 1. The van der Waals surface area contributed by atoms with Crippen molar-refractivity contribution in [3.8, 4) is 5.75 Å². The summed E-state index contributed by atoms with van der Waals surface area (Å²) in [7, 11) is 0. The predicted octanol–water partition coefficient (Wildman–Crippen LogP) is 7.12. The van der Waals surface area contributed by atoms with Gasteiger partial charge in [-0.2, -0.15) is 0 Å². The van der Waals surface area contributed by atoms with Crippen molar-refractivity contribution in [2.45, 2.75) is 97.7 Å². The third-order valence-corrected chi connectivity index (χ3v) is 10.2. The van der Waals surface area contributed by atoms with Crippen LogP contribution in [0.3, 0.4) is 0 Å². The standard InChI is InChI=1S/C32H49NO3/c1-5-33(6-2)18-20-34-22-23(3)29-14-15-30-28-12-10-24-21-25(36-31-9-7-8-19-35-31)11-13-26(24)27(28)16-17-32(29,30)4/h11,13,21,27-28,30-31H,5-10,12,14-20,22H2,1-4H3/b29-23-/t27-,28-,30+,31?,32-/m1/s1. The van der Waals surface area contributed by atoms with Gasteiger partial charge in [0.15, 0.2) is 6.29 Å². The topological polar surface area (TPSA) is 30.9 Å². The molecule has 4 nitrogen and oxygen atoms in total. The van der Waals surface area contributed by atoms with E-state index in [1.54, 1.807) is 11.1 Å². The second-order valence-electron chi connectivity index (χ2n) is 12.0. The van der Waals surface area contributed by atoms with Crippen molar-refractivity contribution in [3.63, 3.8) is 0 Å². The van der Waals surface area contributed by atoms with Crippen molar-refractivity contribution in [1.82, 2.24) is 4.90 Å². The van der Waals surface area contributed by atoms with Crippen molar-refractivity contribution in [2.24, 2.45) is 17.3 Å². The fourth-order valence-corrected chi connectivity index (χ4v) is 8.15. The van der Waals surface area contributed by atoms with Crippen molar-refractivity contribution >= 4 is 0 Å². The summed E-state index contributed by atoms with van der Waals surface area (Å²) in [4.78, 5) is 2.44. The minimum Gasteiger partial charge on any atom is -0.465 e. The highest BCUT2D eigenvalue weighted by atomic mass is 16.7. The summed E-state index contributed by atoms with van der Waals surface area (Å²) in [6.07, 6.45) is 11.1. The molecule has 1 heterocycles. The molecule has 2 saturated carbocycles. The number of hydrogen-bond donors (Lipinski definition) is 0. The molecule has 36 heavy (non-hydrogen) atoms. The molecule has 0 radical (unpaired) electrons. The number of ether oxygens (including phenoxy) is 3. The minimum atomic E-state index is -0.0586. The molecule has 0 N–H and O–H groups in total. The molecule has 4 aliphatic rings. The van der Waals surface area contributed by atoms with Gasteiger partial charge in [0.2, 0.25) is 0 Å². The third-order valence-electron chi connectivity index (χ3n) is 10.2. The van der Waals surface area contributed by atoms with Gasteiger partial charge in [0.1, 0.15) is 5.75 Å². The van der Waals surface area contributed by atoms with Crippen molar-refractivity contribution in [2.75, 3.05) is 39.5 Å². The molecular weight excluding hydrogens is 446 g/mol. The molecule has 1 unspecified atom stereocenters. The first kappa shape index (κ1) is 26.3. The summed E-state index contributed by atoms with van der Waals surface area (Å²) >= 11 is 0. The lowest BCUT2D eigenvalue weighted by Gasteiger charge is -2.50. The number of nitrogens with zero attached hydrogens (tertiary/aromatic N) is 1. The molecule has 1 aliphatic heterocycles. The second kappa shape index (κ2) is 11.6. The summed E-state index contributed by atoms with van der Waals surface area (Å²) in [6, 6.07) is 6.94. The Labute approximate surface area is 219 Å². The normalized spacial score (nSPS) is 33.1. The maximum Gasteiger partial charge on any atom is 0.199 e. The number of benzene rings is 1. The van der Waals surface area contributed by atoms with E-state index in [1.165, 1.54) is 56.1 Å². The molecule has 5 rings (SSSR count). The van der Waals surface area contributed by atoms with E-state index in [9.17, 15) is 0 Å². The van der Waals surface area contributed by atoms with E-state index >= 15 is 0 Å².